The summed E-state index contributed by atoms with van der Waals surface area (Å²) < 4.78 is 0. The molecule has 0 saturated heterocycles. The van der Waals surface area contributed by atoms with Gasteiger partial charge in [-0.15, -0.1) is 0 Å². The first-order valence-electron chi connectivity index (χ1n) is 11.4. The predicted octanol–water partition coefficient (Wildman–Crippen LogP) is 6.43. The Morgan fingerprint density at radius 3 is 1.03 bits per heavy atom. The summed E-state index contributed by atoms with van der Waals surface area (Å²) in [5.41, 5.74) is 6.34. The van der Waals surface area contributed by atoms with E-state index in [0.717, 1.165) is 39.0 Å². The fourth-order valence-corrected chi connectivity index (χ4v) is 3.87. The molecule has 2 heteroatoms. The average Bonchev–Trinajstić information content (AvgIpc) is 2.61. The topological polar surface area (TPSA) is 6.48 Å². The molecule has 2 rings (SSSR count). The molecule has 0 aliphatic carbocycles. The lowest BCUT2D eigenvalue weighted by atomic mass is 9.88. The van der Waals surface area contributed by atoms with Crippen LogP contribution < -0.4 is 0 Å². The summed E-state index contributed by atoms with van der Waals surface area (Å²) in [6, 6.07) is 18.4. The van der Waals surface area contributed by atoms with Crippen LogP contribution in [0.2, 0.25) is 0 Å². The molecule has 0 heterocycles. The van der Waals surface area contributed by atoms with Crippen LogP contribution in [0.4, 0.5) is 0 Å². The minimum Gasteiger partial charge on any atom is -0.301 e. The summed E-state index contributed by atoms with van der Waals surface area (Å²) in [5, 5.41) is 0. The van der Waals surface area contributed by atoms with E-state index in [2.05, 4.69) is 114 Å². The second-order valence-electron chi connectivity index (χ2n) is 11.6. The first-order valence-corrected chi connectivity index (χ1v) is 11.4. The van der Waals surface area contributed by atoms with Crippen LogP contribution in [-0.2, 0) is 25.9 Å². The van der Waals surface area contributed by atoms with Gasteiger partial charge in [0.05, 0.1) is 0 Å². The Morgan fingerprint density at radius 1 is 0.500 bits per heavy atom. The lowest BCUT2D eigenvalue weighted by Crippen LogP contribution is -2.30. The molecule has 0 fully saturated rings. The van der Waals surface area contributed by atoms with Gasteiger partial charge in [-0.3, -0.25) is 0 Å². The van der Waals surface area contributed by atoms with E-state index < -0.39 is 0 Å². The second-order valence-corrected chi connectivity index (χ2v) is 11.6. The van der Waals surface area contributed by atoms with Gasteiger partial charge in [-0.2, -0.15) is 0 Å². The third kappa shape index (κ3) is 9.91. The molecule has 0 aliphatic rings. The molecular formula is C28H44N2. The first kappa shape index (κ1) is 24.6. The van der Waals surface area contributed by atoms with Gasteiger partial charge in [0, 0.05) is 26.2 Å². The Kier molecular flexibility index (Phi) is 8.70. The number of hydrogen-bond donors (Lipinski definition) is 0. The largest absolute Gasteiger partial charge is 0.301 e. The molecule has 0 unspecified atom stereocenters. The number of rotatable bonds is 9. The third-order valence-corrected chi connectivity index (χ3v) is 5.28. The summed E-state index contributed by atoms with van der Waals surface area (Å²) in [7, 11) is 4.44. The van der Waals surface area contributed by atoms with Gasteiger partial charge in [-0.1, -0.05) is 90.1 Å². The highest BCUT2D eigenvalue weighted by Gasteiger charge is 2.12. The van der Waals surface area contributed by atoms with Crippen molar-refractivity contribution in [3.8, 4) is 0 Å². The van der Waals surface area contributed by atoms with Crippen molar-refractivity contribution in [3.63, 3.8) is 0 Å². The van der Waals surface area contributed by atoms with Crippen molar-refractivity contribution in [2.45, 2.75) is 67.5 Å². The SMILES string of the molecule is CN(CCN(C)Cc1ccc(CC(C)(C)C)cc1)Cc1ccc(CC(C)(C)C)cc1. The van der Waals surface area contributed by atoms with Crippen LogP contribution in [0.5, 0.6) is 0 Å². The highest BCUT2D eigenvalue weighted by atomic mass is 15.2. The lowest BCUT2D eigenvalue weighted by Gasteiger charge is -2.23. The number of likely N-dealkylation sites (N-methyl/N-ethyl adjacent to an activating group) is 2. The van der Waals surface area contributed by atoms with E-state index >= 15 is 0 Å². The monoisotopic (exact) mass is 408 g/mol. The predicted molar refractivity (Wildman–Crippen MR) is 132 cm³/mol. The normalized spacial score (nSPS) is 12.7. The van der Waals surface area contributed by atoms with Crippen LogP contribution in [0.25, 0.3) is 0 Å². The van der Waals surface area contributed by atoms with Crippen LogP contribution in [0.15, 0.2) is 48.5 Å². The molecule has 0 amide bonds. The molecular weight excluding hydrogens is 364 g/mol. The minimum atomic E-state index is 0.343. The summed E-state index contributed by atoms with van der Waals surface area (Å²) in [5.74, 6) is 0. The standard InChI is InChI=1S/C28H44N2/c1-27(2,3)19-23-9-13-25(14-10-23)21-29(7)17-18-30(8)22-26-15-11-24(12-16-26)20-28(4,5)6/h9-16H,17-22H2,1-8H3. The second kappa shape index (κ2) is 10.6. The van der Waals surface area contributed by atoms with Crippen molar-refractivity contribution in [1.29, 1.82) is 0 Å². The van der Waals surface area contributed by atoms with Gasteiger partial charge < -0.3 is 9.80 Å². The molecule has 0 saturated carbocycles. The zero-order valence-electron chi connectivity index (χ0n) is 20.8. The molecule has 166 valence electrons. The Hall–Kier alpha value is -1.64. The van der Waals surface area contributed by atoms with E-state index in [-0.39, 0.29) is 0 Å². The van der Waals surface area contributed by atoms with E-state index in [1.54, 1.807) is 0 Å². The van der Waals surface area contributed by atoms with Crippen LogP contribution in [0, 0.1) is 10.8 Å². The van der Waals surface area contributed by atoms with Gasteiger partial charge in [0.15, 0.2) is 0 Å². The van der Waals surface area contributed by atoms with Gasteiger partial charge in [0.1, 0.15) is 0 Å². The molecule has 2 aromatic rings. The van der Waals surface area contributed by atoms with Gasteiger partial charge in [0.25, 0.3) is 0 Å². The Balaban J connectivity index is 1.75. The fraction of sp³-hybridized carbons (Fsp3) is 0.571. The number of hydrogen-bond acceptors (Lipinski definition) is 2. The van der Waals surface area contributed by atoms with Crippen LogP contribution >= 0.6 is 0 Å². The van der Waals surface area contributed by atoms with Crippen molar-refractivity contribution in [3.05, 3.63) is 70.8 Å². The van der Waals surface area contributed by atoms with Crippen molar-refractivity contribution in [2.24, 2.45) is 10.8 Å². The molecule has 0 aromatic heterocycles. The van der Waals surface area contributed by atoms with Crippen LogP contribution in [0.3, 0.4) is 0 Å². The first-order chi connectivity index (χ1) is 13.9. The summed E-state index contributed by atoms with van der Waals surface area (Å²) in [4.78, 5) is 4.84. The maximum absolute atomic E-state index is 2.42. The maximum Gasteiger partial charge on any atom is 0.0231 e. The molecule has 2 nitrogen and oxygen atoms in total. The van der Waals surface area contributed by atoms with E-state index in [4.69, 9.17) is 0 Å². The van der Waals surface area contributed by atoms with Crippen molar-refractivity contribution >= 4 is 0 Å². The molecule has 30 heavy (non-hydrogen) atoms. The van der Waals surface area contributed by atoms with Gasteiger partial charge in [-0.25, -0.2) is 0 Å². The van der Waals surface area contributed by atoms with E-state index in [1.165, 1.54) is 22.3 Å². The molecule has 0 atom stereocenters. The van der Waals surface area contributed by atoms with Crippen LogP contribution in [0.1, 0.15) is 63.8 Å². The molecule has 2 aromatic carbocycles. The minimum absolute atomic E-state index is 0.343. The highest BCUT2D eigenvalue weighted by molar-refractivity contribution is 5.24. The Morgan fingerprint density at radius 2 is 0.767 bits per heavy atom. The van der Waals surface area contributed by atoms with E-state index in [0.29, 0.717) is 10.8 Å². The summed E-state index contributed by atoms with van der Waals surface area (Å²) >= 11 is 0. The zero-order valence-corrected chi connectivity index (χ0v) is 20.8. The smallest absolute Gasteiger partial charge is 0.0231 e. The fourth-order valence-electron chi connectivity index (χ4n) is 3.87. The molecule has 0 spiro atoms. The van der Waals surface area contributed by atoms with E-state index in [9.17, 15) is 0 Å². The van der Waals surface area contributed by atoms with E-state index in [1.807, 2.05) is 0 Å². The van der Waals surface area contributed by atoms with Gasteiger partial charge in [-0.05, 0) is 60.0 Å². The Labute approximate surface area is 186 Å². The molecule has 0 bridgehead atoms. The highest BCUT2D eigenvalue weighted by Crippen LogP contribution is 2.22. The average molecular weight is 409 g/mol. The molecule has 0 N–H and O–H groups in total. The third-order valence-electron chi connectivity index (χ3n) is 5.28. The molecule has 0 aliphatic heterocycles. The van der Waals surface area contributed by atoms with Crippen LogP contribution in [-0.4, -0.2) is 37.0 Å². The Bertz CT molecular complexity index is 678. The van der Waals surface area contributed by atoms with Crippen molar-refractivity contribution in [2.75, 3.05) is 27.2 Å². The lowest BCUT2D eigenvalue weighted by molar-refractivity contribution is 0.247. The van der Waals surface area contributed by atoms with Crippen molar-refractivity contribution in [1.82, 2.24) is 9.80 Å². The summed E-state index contributed by atoms with van der Waals surface area (Å²) in [6.07, 6.45) is 2.26. The number of benzene rings is 2. The molecule has 0 radical (unpaired) electrons. The van der Waals surface area contributed by atoms with Crippen molar-refractivity contribution < 1.29 is 0 Å². The van der Waals surface area contributed by atoms with Gasteiger partial charge in [0.2, 0.25) is 0 Å². The quantitative estimate of drug-likeness (QED) is 0.472. The van der Waals surface area contributed by atoms with Gasteiger partial charge >= 0.3 is 0 Å². The summed E-state index contributed by atoms with van der Waals surface area (Å²) in [6.45, 7) is 17.9. The maximum atomic E-state index is 2.42. The zero-order chi connectivity index (χ0) is 22.4. The number of nitrogens with zero attached hydrogens (tertiary/aromatic N) is 2.